The van der Waals surface area contributed by atoms with Crippen LogP contribution in [0.5, 0.6) is 5.88 Å². The molecule has 2 N–H and O–H groups in total. The molecule has 1 rings (SSSR count). The molecular formula is C8H8N2O4. The first-order valence-corrected chi connectivity index (χ1v) is 3.73. The molecule has 1 aromatic heterocycles. The van der Waals surface area contributed by atoms with Crippen LogP contribution in [0.4, 0.5) is 10.6 Å². The molecule has 6 nitrogen and oxygen atoms in total. The number of pyridine rings is 1. The Morgan fingerprint density at radius 1 is 1.50 bits per heavy atom. The number of aromatic nitrogens is 1. The van der Waals surface area contributed by atoms with E-state index < -0.39 is 6.16 Å². The Balaban J connectivity index is 2.78. The first-order chi connectivity index (χ1) is 6.58. The summed E-state index contributed by atoms with van der Waals surface area (Å²) in [6, 6.07) is 4.42. The molecule has 0 fully saturated rings. The summed E-state index contributed by atoms with van der Waals surface area (Å²) in [5.74, 6) is -0.120. The number of ether oxygens (including phenoxy) is 1. The van der Waals surface area contributed by atoms with Crippen molar-refractivity contribution in [2.75, 3.05) is 5.32 Å². The van der Waals surface area contributed by atoms with Gasteiger partial charge in [0.2, 0.25) is 11.8 Å². The summed E-state index contributed by atoms with van der Waals surface area (Å²) in [5.41, 5.74) is 0. The minimum Gasteiger partial charge on any atom is -0.449 e. The van der Waals surface area contributed by atoms with Crippen molar-refractivity contribution < 1.29 is 19.4 Å². The van der Waals surface area contributed by atoms with Crippen LogP contribution < -0.4 is 10.1 Å². The fraction of sp³-hybridized carbons (Fsp3) is 0.125. The first-order valence-electron chi connectivity index (χ1n) is 3.73. The fourth-order valence-corrected chi connectivity index (χ4v) is 0.811. The number of nitrogens with zero attached hydrogens (tertiary/aromatic N) is 1. The molecule has 0 aromatic carbocycles. The number of anilines is 1. The molecule has 0 radical (unpaired) electrons. The predicted molar refractivity (Wildman–Crippen MR) is 47.2 cm³/mol. The maximum absolute atomic E-state index is 10.6. The van der Waals surface area contributed by atoms with Crippen LogP contribution in [0.15, 0.2) is 18.2 Å². The van der Waals surface area contributed by atoms with Crippen molar-refractivity contribution in [3.8, 4) is 5.88 Å². The number of carbonyl (C=O) groups is 2. The van der Waals surface area contributed by atoms with Crippen LogP contribution in [0.2, 0.25) is 0 Å². The molecule has 0 saturated heterocycles. The third-order valence-electron chi connectivity index (χ3n) is 1.22. The van der Waals surface area contributed by atoms with Gasteiger partial charge in [-0.2, -0.15) is 4.98 Å². The highest BCUT2D eigenvalue weighted by Crippen LogP contribution is 2.11. The molecule has 0 aliphatic rings. The Labute approximate surface area is 79.5 Å². The molecule has 0 unspecified atom stereocenters. The molecule has 0 bridgehead atoms. The monoisotopic (exact) mass is 196 g/mol. The zero-order chi connectivity index (χ0) is 10.6. The number of nitrogens with one attached hydrogen (secondary N) is 1. The van der Waals surface area contributed by atoms with Crippen LogP contribution in [0.1, 0.15) is 6.92 Å². The van der Waals surface area contributed by atoms with Crippen LogP contribution in [-0.2, 0) is 4.79 Å². The molecule has 1 amide bonds. The van der Waals surface area contributed by atoms with Crippen LogP contribution in [-0.4, -0.2) is 22.2 Å². The fourth-order valence-electron chi connectivity index (χ4n) is 0.811. The van der Waals surface area contributed by atoms with Gasteiger partial charge in [0.15, 0.2) is 0 Å². The highest BCUT2D eigenvalue weighted by Gasteiger charge is 2.03. The highest BCUT2D eigenvalue weighted by molar-refractivity contribution is 5.87. The number of hydrogen-bond acceptors (Lipinski definition) is 4. The van der Waals surface area contributed by atoms with Gasteiger partial charge < -0.3 is 15.2 Å². The lowest BCUT2D eigenvalue weighted by Crippen LogP contribution is -2.09. The standard InChI is InChI=1S/C8H8N2O4/c1-5(11)9-6-3-2-4-7(10-6)14-8(12)13/h2-4H,1H3,(H,12,13)(H,9,10,11). The second-order valence-electron chi connectivity index (χ2n) is 2.41. The zero-order valence-electron chi connectivity index (χ0n) is 7.35. The van der Waals surface area contributed by atoms with E-state index in [1.165, 1.54) is 25.1 Å². The van der Waals surface area contributed by atoms with Crippen LogP contribution in [0.25, 0.3) is 0 Å². The van der Waals surface area contributed by atoms with Gasteiger partial charge in [-0.05, 0) is 6.07 Å². The van der Waals surface area contributed by atoms with E-state index in [0.29, 0.717) is 0 Å². The molecule has 0 aliphatic heterocycles. The number of rotatable bonds is 2. The van der Waals surface area contributed by atoms with Gasteiger partial charge in [-0.3, -0.25) is 4.79 Å². The number of amides is 1. The normalized spacial score (nSPS) is 9.21. The third kappa shape index (κ3) is 3.10. The van der Waals surface area contributed by atoms with Gasteiger partial charge >= 0.3 is 6.16 Å². The summed E-state index contributed by atoms with van der Waals surface area (Å²) in [4.78, 5) is 24.5. The van der Waals surface area contributed by atoms with Crippen LogP contribution in [0, 0.1) is 0 Å². The maximum Gasteiger partial charge on any atom is 0.512 e. The van der Waals surface area contributed by atoms with Crippen molar-refractivity contribution in [3.05, 3.63) is 18.2 Å². The SMILES string of the molecule is CC(=O)Nc1cccc(OC(=O)O)n1. The topological polar surface area (TPSA) is 88.5 Å². The minimum absolute atomic E-state index is 0.0799. The molecule has 0 saturated carbocycles. The summed E-state index contributed by atoms with van der Waals surface area (Å²) < 4.78 is 4.29. The number of carboxylic acid groups (broad SMARTS) is 1. The van der Waals surface area contributed by atoms with Crippen molar-refractivity contribution in [2.24, 2.45) is 0 Å². The Bertz CT molecular complexity index is 333. The molecule has 74 valence electrons. The summed E-state index contributed by atoms with van der Waals surface area (Å²) in [6.07, 6.45) is -1.45. The quantitative estimate of drug-likeness (QED) is 0.691. The molecule has 0 spiro atoms. The molecule has 1 aromatic rings. The second kappa shape index (κ2) is 4.22. The second-order valence-corrected chi connectivity index (χ2v) is 2.41. The summed E-state index contributed by atoms with van der Waals surface area (Å²) >= 11 is 0. The Morgan fingerprint density at radius 3 is 2.79 bits per heavy atom. The van der Waals surface area contributed by atoms with Crippen LogP contribution >= 0.6 is 0 Å². The van der Waals surface area contributed by atoms with E-state index in [2.05, 4.69) is 15.0 Å². The van der Waals surface area contributed by atoms with Gasteiger partial charge in [-0.25, -0.2) is 4.79 Å². The van der Waals surface area contributed by atoms with Gasteiger partial charge in [-0.15, -0.1) is 0 Å². The largest absolute Gasteiger partial charge is 0.512 e. The van der Waals surface area contributed by atoms with Gasteiger partial charge in [0.25, 0.3) is 0 Å². The number of carbonyl (C=O) groups excluding carboxylic acids is 1. The molecule has 1 heterocycles. The van der Waals surface area contributed by atoms with E-state index in [0.717, 1.165) is 0 Å². The molecule has 6 heteroatoms. The molecular weight excluding hydrogens is 188 g/mol. The van der Waals surface area contributed by atoms with E-state index in [1.807, 2.05) is 0 Å². The van der Waals surface area contributed by atoms with E-state index in [1.54, 1.807) is 0 Å². The van der Waals surface area contributed by atoms with Gasteiger partial charge in [0.1, 0.15) is 5.82 Å². The van der Waals surface area contributed by atoms with Crippen molar-refractivity contribution in [3.63, 3.8) is 0 Å². The summed E-state index contributed by atoms with van der Waals surface area (Å²) in [5, 5.41) is 10.7. The average molecular weight is 196 g/mol. The van der Waals surface area contributed by atoms with Crippen molar-refractivity contribution in [1.29, 1.82) is 0 Å². The zero-order valence-corrected chi connectivity index (χ0v) is 7.35. The lowest BCUT2D eigenvalue weighted by Gasteiger charge is -2.02. The van der Waals surface area contributed by atoms with Crippen molar-refractivity contribution in [1.82, 2.24) is 4.98 Å². The molecule has 0 atom stereocenters. The Hall–Kier alpha value is -2.11. The highest BCUT2D eigenvalue weighted by atomic mass is 16.7. The van der Waals surface area contributed by atoms with Crippen LogP contribution in [0.3, 0.4) is 0 Å². The van der Waals surface area contributed by atoms with E-state index >= 15 is 0 Å². The van der Waals surface area contributed by atoms with Crippen molar-refractivity contribution in [2.45, 2.75) is 6.92 Å². The first kappa shape index (κ1) is 9.97. The minimum atomic E-state index is -1.45. The van der Waals surface area contributed by atoms with Gasteiger partial charge in [0, 0.05) is 13.0 Å². The molecule has 0 aliphatic carbocycles. The van der Waals surface area contributed by atoms with Gasteiger partial charge in [-0.1, -0.05) is 6.07 Å². The number of hydrogen-bond donors (Lipinski definition) is 2. The third-order valence-corrected chi connectivity index (χ3v) is 1.22. The Morgan fingerprint density at radius 2 is 2.21 bits per heavy atom. The van der Waals surface area contributed by atoms with Gasteiger partial charge in [0.05, 0.1) is 0 Å². The predicted octanol–water partition coefficient (Wildman–Crippen LogP) is 1.10. The summed E-state index contributed by atoms with van der Waals surface area (Å²) in [7, 11) is 0. The lowest BCUT2D eigenvalue weighted by atomic mass is 10.4. The van der Waals surface area contributed by atoms with E-state index in [4.69, 9.17) is 5.11 Å². The maximum atomic E-state index is 10.6. The van der Waals surface area contributed by atoms with Crippen molar-refractivity contribution >= 4 is 17.9 Å². The summed E-state index contributed by atoms with van der Waals surface area (Å²) in [6.45, 7) is 1.33. The average Bonchev–Trinajstić information content (AvgIpc) is 2.01. The van der Waals surface area contributed by atoms with E-state index in [-0.39, 0.29) is 17.6 Å². The molecule has 14 heavy (non-hydrogen) atoms. The smallest absolute Gasteiger partial charge is 0.449 e. The Kier molecular flexibility index (Phi) is 3.01. The lowest BCUT2D eigenvalue weighted by molar-refractivity contribution is -0.114. The van der Waals surface area contributed by atoms with E-state index in [9.17, 15) is 9.59 Å².